The Morgan fingerprint density at radius 1 is 1.38 bits per heavy atom. The molecule has 4 nitrogen and oxygen atoms in total. The lowest BCUT2D eigenvalue weighted by atomic mass is 9.79. The fraction of sp³-hybridized carbons (Fsp3) is 0.333. The number of hydrogen-bond acceptors (Lipinski definition) is 3. The third-order valence-electron chi connectivity index (χ3n) is 2.80. The van der Waals surface area contributed by atoms with Crippen LogP contribution in [0.3, 0.4) is 0 Å². The lowest BCUT2D eigenvalue weighted by Crippen LogP contribution is -2.70. The van der Waals surface area contributed by atoms with E-state index in [0.717, 1.165) is 5.56 Å². The van der Waals surface area contributed by atoms with Gasteiger partial charge >= 0.3 is 5.97 Å². The zero-order valence-electron chi connectivity index (χ0n) is 9.19. The molecule has 1 heterocycles. The molecule has 2 atom stereocenters. The molecule has 1 amide bonds. The molecule has 1 aliphatic rings. The summed E-state index contributed by atoms with van der Waals surface area (Å²) in [5, 5.41) is 2.77. The molecular formula is C12H13NO3. The first-order valence-electron chi connectivity index (χ1n) is 5.09. The minimum absolute atomic E-state index is 0.249. The first kappa shape index (κ1) is 10.7. The number of hydrogen-bond donors (Lipinski definition) is 1. The molecule has 1 fully saturated rings. The minimum atomic E-state index is -0.729. The summed E-state index contributed by atoms with van der Waals surface area (Å²) >= 11 is 0. The molecule has 4 heteroatoms. The van der Waals surface area contributed by atoms with E-state index in [1.807, 2.05) is 37.3 Å². The van der Waals surface area contributed by atoms with Gasteiger partial charge in [0.15, 0.2) is 0 Å². The maximum absolute atomic E-state index is 11.4. The molecule has 1 aromatic rings. The first-order valence-corrected chi connectivity index (χ1v) is 5.09. The molecule has 1 saturated heterocycles. The van der Waals surface area contributed by atoms with Crippen LogP contribution in [0.2, 0.25) is 0 Å². The fourth-order valence-electron chi connectivity index (χ4n) is 1.92. The third-order valence-corrected chi connectivity index (χ3v) is 2.80. The van der Waals surface area contributed by atoms with Crippen LogP contribution < -0.4 is 5.32 Å². The number of amides is 1. The fourth-order valence-corrected chi connectivity index (χ4v) is 1.92. The van der Waals surface area contributed by atoms with Crippen molar-refractivity contribution < 1.29 is 14.3 Å². The van der Waals surface area contributed by atoms with Gasteiger partial charge in [-0.15, -0.1) is 0 Å². The van der Waals surface area contributed by atoms with E-state index in [2.05, 4.69) is 5.32 Å². The van der Waals surface area contributed by atoms with Gasteiger partial charge in [-0.25, -0.2) is 0 Å². The van der Waals surface area contributed by atoms with Crippen molar-refractivity contribution in [2.45, 2.75) is 25.5 Å². The predicted molar refractivity (Wildman–Crippen MR) is 57.5 cm³/mol. The van der Waals surface area contributed by atoms with Crippen LogP contribution in [-0.2, 0) is 19.9 Å². The second-order valence-electron chi connectivity index (χ2n) is 4.05. The molecule has 0 bridgehead atoms. The topological polar surface area (TPSA) is 55.4 Å². The quantitative estimate of drug-likeness (QED) is 0.595. The zero-order valence-corrected chi connectivity index (χ0v) is 9.19. The molecule has 1 aliphatic heterocycles. The molecule has 0 saturated carbocycles. The van der Waals surface area contributed by atoms with E-state index >= 15 is 0 Å². The number of β-lactam (4-membered cyclic amide) rings is 1. The van der Waals surface area contributed by atoms with E-state index in [1.165, 1.54) is 6.92 Å². The SMILES string of the molecule is CC(=O)O[C@H]1C(=O)N[C@@]1(C)c1ccccc1. The predicted octanol–water partition coefficient (Wildman–Crippen LogP) is 0.963. The van der Waals surface area contributed by atoms with Crippen molar-refractivity contribution in [1.29, 1.82) is 0 Å². The Bertz CT molecular complexity index is 429. The third kappa shape index (κ3) is 1.56. The Kier molecular flexibility index (Phi) is 2.42. The Morgan fingerprint density at radius 2 is 2.00 bits per heavy atom. The van der Waals surface area contributed by atoms with Gasteiger partial charge < -0.3 is 10.1 Å². The van der Waals surface area contributed by atoms with Crippen molar-refractivity contribution in [3.63, 3.8) is 0 Å². The van der Waals surface area contributed by atoms with Gasteiger partial charge in [0, 0.05) is 6.92 Å². The largest absolute Gasteiger partial charge is 0.450 e. The normalized spacial score (nSPS) is 27.9. The van der Waals surface area contributed by atoms with E-state index in [1.54, 1.807) is 0 Å². The summed E-state index contributed by atoms with van der Waals surface area (Å²) in [7, 11) is 0. The number of nitrogens with one attached hydrogen (secondary N) is 1. The van der Waals surface area contributed by atoms with E-state index in [9.17, 15) is 9.59 Å². The van der Waals surface area contributed by atoms with E-state index in [0.29, 0.717) is 0 Å². The van der Waals surface area contributed by atoms with Crippen molar-refractivity contribution in [2.75, 3.05) is 0 Å². The average molecular weight is 219 g/mol. The Balaban J connectivity index is 2.26. The Morgan fingerprint density at radius 3 is 2.50 bits per heavy atom. The zero-order chi connectivity index (χ0) is 11.8. The van der Waals surface area contributed by atoms with Crippen LogP contribution in [-0.4, -0.2) is 18.0 Å². The summed E-state index contributed by atoms with van der Waals surface area (Å²) in [6, 6.07) is 9.46. The van der Waals surface area contributed by atoms with Gasteiger partial charge in [0.25, 0.3) is 5.91 Å². The van der Waals surface area contributed by atoms with E-state index < -0.39 is 17.6 Å². The lowest BCUT2D eigenvalue weighted by molar-refractivity contribution is -0.172. The van der Waals surface area contributed by atoms with Crippen LogP contribution in [0.25, 0.3) is 0 Å². The Labute approximate surface area is 93.6 Å². The number of carbonyl (C=O) groups excluding carboxylic acids is 2. The van der Waals surface area contributed by atoms with Gasteiger partial charge in [0.1, 0.15) is 5.54 Å². The monoisotopic (exact) mass is 219 g/mol. The maximum Gasteiger partial charge on any atom is 0.303 e. The van der Waals surface area contributed by atoms with Gasteiger partial charge in [-0.05, 0) is 12.5 Å². The van der Waals surface area contributed by atoms with E-state index in [4.69, 9.17) is 4.74 Å². The van der Waals surface area contributed by atoms with E-state index in [-0.39, 0.29) is 5.91 Å². The number of esters is 1. The molecule has 1 N–H and O–H groups in total. The molecule has 84 valence electrons. The molecular weight excluding hydrogens is 206 g/mol. The highest BCUT2D eigenvalue weighted by molar-refractivity contribution is 5.92. The van der Waals surface area contributed by atoms with Crippen molar-refractivity contribution in [2.24, 2.45) is 0 Å². The summed E-state index contributed by atoms with van der Waals surface area (Å²) in [5.41, 5.74) is 0.324. The number of ether oxygens (including phenoxy) is 1. The molecule has 16 heavy (non-hydrogen) atoms. The van der Waals surface area contributed by atoms with Crippen LogP contribution in [0.1, 0.15) is 19.4 Å². The molecule has 0 spiro atoms. The highest BCUT2D eigenvalue weighted by Crippen LogP contribution is 2.33. The van der Waals surface area contributed by atoms with Gasteiger partial charge in [0.2, 0.25) is 6.10 Å². The van der Waals surface area contributed by atoms with Crippen LogP contribution in [0.15, 0.2) is 30.3 Å². The molecule has 0 aliphatic carbocycles. The van der Waals surface area contributed by atoms with Crippen molar-refractivity contribution >= 4 is 11.9 Å². The van der Waals surface area contributed by atoms with Crippen LogP contribution in [0.5, 0.6) is 0 Å². The molecule has 0 unspecified atom stereocenters. The summed E-state index contributed by atoms with van der Waals surface area (Å²) < 4.78 is 5.02. The van der Waals surface area contributed by atoms with Crippen molar-refractivity contribution in [1.82, 2.24) is 5.32 Å². The second kappa shape index (κ2) is 3.63. The van der Waals surface area contributed by atoms with Gasteiger partial charge in [-0.2, -0.15) is 0 Å². The highest BCUT2D eigenvalue weighted by atomic mass is 16.6. The van der Waals surface area contributed by atoms with Crippen LogP contribution >= 0.6 is 0 Å². The van der Waals surface area contributed by atoms with Crippen molar-refractivity contribution in [3.05, 3.63) is 35.9 Å². The summed E-state index contributed by atoms with van der Waals surface area (Å²) in [5.74, 6) is -0.691. The average Bonchev–Trinajstić information content (AvgIpc) is 2.27. The first-order chi connectivity index (χ1) is 7.54. The molecule has 0 aromatic heterocycles. The number of carbonyl (C=O) groups is 2. The lowest BCUT2D eigenvalue weighted by Gasteiger charge is -2.45. The smallest absolute Gasteiger partial charge is 0.303 e. The number of rotatable bonds is 2. The highest BCUT2D eigenvalue weighted by Gasteiger charge is 2.53. The van der Waals surface area contributed by atoms with Gasteiger partial charge in [0.05, 0.1) is 0 Å². The standard InChI is InChI=1S/C12H13NO3/c1-8(14)16-10-11(15)13-12(10,2)9-6-4-3-5-7-9/h3-7,10H,1-2H3,(H,13,15)/t10-,12-/m0/s1. The second-order valence-corrected chi connectivity index (χ2v) is 4.05. The molecule has 0 radical (unpaired) electrons. The number of benzene rings is 1. The summed E-state index contributed by atoms with van der Waals surface area (Å²) in [6.45, 7) is 3.15. The van der Waals surface area contributed by atoms with Gasteiger partial charge in [-0.3, -0.25) is 9.59 Å². The van der Waals surface area contributed by atoms with Crippen molar-refractivity contribution in [3.8, 4) is 0 Å². The van der Waals surface area contributed by atoms with Crippen LogP contribution in [0, 0.1) is 0 Å². The molecule has 1 aromatic carbocycles. The summed E-state index contributed by atoms with van der Waals surface area (Å²) in [4.78, 5) is 22.3. The molecule has 2 rings (SSSR count). The van der Waals surface area contributed by atoms with Gasteiger partial charge in [-0.1, -0.05) is 30.3 Å². The summed E-state index contributed by atoms with van der Waals surface area (Å²) in [6.07, 6.45) is -0.729. The Hall–Kier alpha value is -1.84. The minimum Gasteiger partial charge on any atom is -0.450 e. The maximum atomic E-state index is 11.4. The van der Waals surface area contributed by atoms with Crippen LogP contribution in [0.4, 0.5) is 0 Å².